The van der Waals surface area contributed by atoms with Gasteiger partial charge >= 0.3 is 6.03 Å². The van der Waals surface area contributed by atoms with Gasteiger partial charge in [0.25, 0.3) is 5.91 Å². The van der Waals surface area contributed by atoms with E-state index in [-0.39, 0.29) is 24.5 Å². The number of hydrogen-bond donors (Lipinski definition) is 2. The van der Waals surface area contributed by atoms with Gasteiger partial charge in [-0.25, -0.2) is 4.79 Å². The van der Waals surface area contributed by atoms with Crippen LogP contribution in [0.25, 0.3) is 0 Å². The molecule has 6 heteroatoms. The van der Waals surface area contributed by atoms with Crippen LogP contribution in [0.2, 0.25) is 0 Å². The van der Waals surface area contributed by atoms with E-state index in [0.717, 1.165) is 19.6 Å². The van der Waals surface area contributed by atoms with Gasteiger partial charge < -0.3 is 11.1 Å². The standard InChI is InChI=1S/C13H22N4O2/c1-3-6-16-7-4-13(5-8-16)11(18)17(10(2)9-14)12(19)15-13/h3,10H,1,4-9,14H2,2H3,(H,15,19). The van der Waals surface area contributed by atoms with Crippen LogP contribution in [0.1, 0.15) is 19.8 Å². The molecule has 2 fully saturated rings. The van der Waals surface area contributed by atoms with Crippen molar-refractivity contribution in [1.29, 1.82) is 0 Å². The average Bonchev–Trinajstić information content (AvgIpc) is 2.64. The molecule has 2 heterocycles. The molecule has 3 amide bonds. The van der Waals surface area contributed by atoms with E-state index in [1.807, 2.05) is 6.08 Å². The van der Waals surface area contributed by atoms with Gasteiger partial charge in [0, 0.05) is 26.2 Å². The second kappa shape index (κ2) is 5.30. The Hall–Kier alpha value is -1.40. The summed E-state index contributed by atoms with van der Waals surface area (Å²) < 4.78 is 0. The van der Waals surface area contributed by atoms with Crippen LogP contribution in [0.5, 0.6) is 0 Å². The lowest BCUT2D eigenvalue weighted by atomic mass is 9.87. The van der Waals surface area contributed by atoms with E-state index < -0.39 is 5.54 Å². The number of piperidine rings is 1. The van der Waals surface area contributed by atoms with Crippen LogP contribution >= 0.6 is 0 Å². The highest BCUT2D eigenvalue weighted by Gasteiger charge is 2.53. The van der Waals surface area contributed by atoms with Crippen molar-refractivity contribution < 1.29 is 9.59 Å². The molecule has 2 aliphatic heterocycles. The highest BCUT2D eigenvalue weighted by atomic mass is 16.2. The predicted molar refractivity (Wildman–Crippen MR) is 72.5 cm³/mol. The summed E-state index contributed by atoms with van der Waals surface area (Å²) >= 11 is 0. The first-order valence-corrected chi connectivity index (χ1v) is 6.73. The summed E-state index contributed by atoms with van der Waals surface area (Å²) in [4.78, 5) is 28.0. The van der Waals surface area contributed by atoms with E-state index in [1.165, 1.54) is 4.90 Å². The minimum atomic E-state index is -0.710. The molecule has 1 atom stereocenters. The van der Waals surface area contributed by atoms with Crippen molar-refractivity contribution in [3.8, 4) is 0 Å². The quantitative estimate of drug-likeness (QED) is 0.550. The molecule has 0 aromatic carbocycles. The fourth-order valence-electron chi connectivity index (χ4n) is 2.79. The van der Waals surface area contributed by atoms with Crippen LogP contribution in [0.3, 0.4) is 0 Å². The number of likely N-dealkylation sites (tertiary alicyclic amines) is 1. The largest absolute Gasteiger partial charge is 0.328 e. The zero-order chi connectivity index (χ0) is 14.0. The molecule has 106 valence electrons. The highest BCUT2D eigenvalue weighted by Crippen LogP contribution is 2.30. The lowest BCUT2D eigenvalue weighted by molar-refractivity contribution is -0.134. The molecule has 19 heavy (non-hydrogen) atoms. The summed E-state index contributed by atoms with van der Waals surface area (Å²) in [5, 5.41) is 2.88. The molecule has 2 rings (SSSR count). The van der Waals surface area contributed by atoms with Gasteiger partial charge in [-0.2, -0.15) is 0 Å². The van der Waals surface area contributed by atoms with E-state index in [4.69, 9.17) is 5.73 Å². The number of amides is 3. The van der Waals surface area contributed by atoms with E-state index in [1.54, 1.807) is 6.92 Å². The summed E-state index contributed by atoms with van der Waals surface area (Å²) in [6, 6.07) is -0.557. The maximum atomic E-state index is 12.5. The molecule has 1 unspecified atom stereocenters. The summed E-state index contributed by atoms with van der Waals surface area (Å²) in [5.41, 5.74) is 4.85. The van der Waals surface area contributed by atoms with Gasteiger partial charge in [0.05, 0.1) is 6.04 Å². The van der Waals surface area contributed by atoms with Gasteiger partial charge in [-0.15, -0.1) is 6.58 Å². The maximum Gasteiger partial charge on any atom is 0.325 e. The highest BCUT2D eigenvalue weighted by molar-refractivity contribution is 6.07. The lowest BCUT2D eigenvalue weighted by Gasteiger charge is -2.37. The van der Waals surface area contributed by atoms with Gasteiger partial charge in [-0.05, 0) is 19.8 Å². The summed E-state index contributed by atoms with van der Waals surface area (Å²) in [7, 11) is 0. The SMILES string of the molecule is C=CCN1CCC2(CC1)NC(=O)N(C(C)CN)C2=O. The van der Waals surface area contributed by atoms with Crippen LogP contribution in [0, 0.1) is 0 Å². The zero-order valence-corrected chi connectivity index (χ0v) is 11.4. The third kappa shape index (κ3) is 2.37. The van der Waals surface area contributed by atoms with Crippen molar-refractivity contribution >= 4 is 11.9 Å². The Bertz CT molecular complexity index is 388. The Morgan fingerprint density at radius 3 is 2.63 bits per heavy atom. The molecule has 0 saturated carbocycles. The molecular formula is C13H22N4O2. The van der Waals surface area contributed by atoms with E-state index in [2.05, 4.69) is 16.8 Å². The number of carbonyl (C=O) groups is 2. The number of imide groups is 1. The Kier molecular flexibility index (Phi) is 3.91. The van der Waals surface area contributed by atoms with Gasteiger partial charge in [-0.1, -0.05) is 6.08 Å². The third-order valence-electron chi connectivity index (χ3n) is 4.07. The molecule has 3 N–H and O–H groups in total. The van der Waals surface area contributed by atoms with Crippen molar-refractivity contribution in [3.63, 3.8) is 0 Å². The number of nitrogens with zero attached hydrogens (tertiary/aromatic N) is 2. The fraction of sp³-hybridized carbons (Fsp3) is 0.692. The van der Waals surface area contributed by atoms with Crippen molar-refractivity contribution in [1.82, 2.24) is 15.1 Å². The molecule has 0 radical (unpaired) electrons. The Morgan fingerprint density at radius 2 is 2.11 bits per heavy atom. The van der Waals surface area contributed by atoms with E-state index in [9.17, 15) is 9.59 Å². The number of rotatable bonds is 4. The predicted octanol–water partition coefficient (Wildman–Crippen LogP) is -0.0940. The van der Waals surface area contributed by atoms with Crippen molar-refractivity contribution in [2.75, 3.05) is 26.2 Å². The first kappa shape index (κ1) is 14.0. The number of hydrogen-bond acceptors (Lipinski definition) is 4. The fourth-order valence-corrected chi connectivity index (χ4v) is 2.79. The summed E-state index contributed by atoms with van der Waals surface area (Å²) in [5.74, 6) is -0.117. The topological polar surface area (TPSA) is 78.7 Å². The minimum absolute atomic E-state index is 0.117. The molecule has 0 aromatic rings. The van der Waals surface area contributed by atoms with Crippen LogP contribution in [0.4, 0.5) is 4.79 Å². The van der Waals surface area contributed by atoms with Gasteiger partial charge in [-0.3, -0.25) is 14.6 Å². The summed E-state index contributed by atoms with van der Waals surface area (Å²) in [6.07, 6.45) is 3.16. The van der Waals surface area contributed by atoms with Crippen molar-refractivity contribution in [2.24, 2.45) is 5.73 Å². The van der Waals surface area contributed by atoms with Crippen LogP contribution in [-0.2, 0) is 4.79 Å². The van der Waals surface area contributed by atoms with E-state index >= 15 is 0 Å². The van der Waals surface area contributed by atoms with Crippen LogP contribution in [-0.4, -0.2) is 59.5 Å². The van der Waals surface area contributed by atoms with Gasteiger partial charge in [0.2, 0.25) is 0 Å². The molecule has 0 aromatic heterocycles. The second-order valence-corrected chi connectivity index (χ2v) is 5.36. The Morgan fingerprint density at radius 1 is 1.47 bits per heavy atom. The molecule has 6 nitrogen and oxygen atoms in total. The second-order valence-electron chi connectivity index (χ2n) is 5.36. The van der Waals surface area contributed by atoms with Gasteiger partial charge in [0.1, 0.15) is 5.54 Å². The summed E-state index contributed by atoms with van der Waals surface area (Å²) in [6.45, 7) is 8.21. The third-order valence-corrected chi connectivity index (χ3v) is 4.07. The molecule has 2 aliphatic rings. The maximum absolute atomic E-state index is 12.5. The number of nitrogens with one attached hydrogen (secondary N) is 1. The molecule has 0 aliphatic carbocycles. The van der Waals surface area contributed by atoms with Crippen LogP contribution < -0.4 is 11.1 Å². The van der Waals surface area contributed by atoms with Crippen molar-refractivity contribution in [3.05, 3.63) is 12.7 Å². The normalized spacial score (nSPS) is 24.6. The van der Waals surface area contributed by atoms with E-state index in [0.29, 0.717) is 12.8 Å². The number of urea groups is 1. The first-order valence-electron chi connectivity index (χ1n) is 6.73. The van der Waals surface area contributed by atoms with Gasteiger partial charge in [0.15, 0.2) is 0 Å². The smallest absolute Gasteiger partial charge is 0.325 e. The molecule has 0 bridgehead atoms. The minimum Gasteiger partial charge on any atom is -0.328 e. The van der Waals surface area contributed by atoms with Crippen molar-refractivity contribution in [2.45, 2.75) is 31.3 Å². The Balaban J connectivity index is 2.08. The monoisotopic (exact) mass is 266 g/mol. The zero-order valence-electron chi connectivity index (χ0n) is 11.4. The first-order chi connectivity index (χ1) is 9.04. The molecule has 1 spiro atoms. The number of carbonyl (C=O) groups excluding carboxylic acids is 2. The molecule has 2 saturated heterocycles. The average molecular weight is 266 g/mol. The molecular weight excluding hydrogens is 244 g/mol. The lowest BCUT2D eigenvalue weighted by Crippen LogP contribution is -2.55. The van der Waals surface area contributed by atoms with Crippen LogP contribution in [0.15, 0.2) is 12.7 Å². The number of nitrogens with two attached hydrogens (primary N) is 1. The Labute approximate surface area is 113 Å².